The van der Waals surface area contributed by atoms with E-state index in [1.165, 1.54) is 11.3 Å². The number of thiophene rings is 1. The zero-order valence-electron chi connectivity index (χ0n) is 13.9. The van der Waals surface area contributed by atoms with Crippen LogP contribution in [0.25, 0.3) is 9.88 Å². The number of carbonyl (C=O) groups excluding carboxylic acids is 2. The zero-order valence-corrected chi connectivity index (χ0v) is 15.6. The average molecular weight is 388 g/mol. The van der Waals surface area contributed by atoms with E-state index < -0.39 is 5.97 Å². The van der Waals surface area contributed by atoms with Crippen molar-refractivity contribution in [2.45, 2.75) is 6.92 Å². The molecule has 2 aromatic heterocycles. The summed E-state index contributed by atoms with van der Waals surface area (Å²) >= 11 is 3.01. The molecule has 2 heterocycles. The van der Waals surface area contributed by atoms with Crippen molar-refractivity contribution in [3.05, 3.63) is 52.9 Å². The first kappa shape index (κ1) is 18.1. The lowest BCUT2D eigenvalue weighted by Crippen LogP contribution is -2.15. The molecule has 0 aliphatic heterocycles. The Morgan fingerprint density at radius 2 is 2.08 bits per heavy atom. The smallest absolute Gasteiger partial charge is 0.344 e. The first-order valence-electron chi connectivity index (χ1n) is 7.85. The minimum Gasteiger partial charge on any atom is -0.482 e. The monoisotopic (exact) mass is 388 g/mol. The third kappa shape index (κ3) is 4.68. The maximum atomic E-state index is 12.4. The molecule has 0 atom stereocenters. The summed E-state index contributed by atoms with van der Waals surface area (Å²) in [6.45, 7) is 1.86. The zero-order chi connectivity index (χ0) is 18.4. The number of carbonyl (C=O) groups is 2. The topological polar surface area (TPSA) is 77.5 Å². The minimum absolute atomic E-state index is 0.179. The predicted molar refractivity (Wildman–Crippen MR) is 102 cm³/mol. The highest BCUT2D eigenvalue weighted by atomic mass is 32.1. The summed E-state index contributed by atoms with van der Waals surface area (Å²) in [5, 5.41) is 7.30. The van der Waals surface area contributed by atoms with Crippen molar-refractivity contribution < 1.29 is 19.1 Å². The van der Waals surface area contributed by atoms with E-state index in [-0.39, 0.29) is 12.5 Å². The molecule has 0 bridgehead atoms. The molecule has 0 unspecified atom stereocenters. The van der Waals surface area contributed by atoms with E-state index in [0.717, 1.165) is 9.88 Å². The highest BCUT2D eigenvalue weighted by Gasteiger charge is 2.13. The molecular formula is C18H16N2O4S2. The number of benzene rings is 1. The van der Waals surface area contributed by atoms with Gasteiger partial charge >= 0.3 is 5.97 Å². The van der Waals surface area contributed by atoms with E-state index in [9.17, 15) is 9.59 Å². The van der Waals surface area contributed by atoms with E-state index in [1.54, 1.807) is 47.9 Å². The third-order valence-corrected chi connectivity index (χ3v) is 5.10. The van der Waals surface area contributed by atoms with Gasteiger partial charge in [0, 0.05) is 17.1 Å². The Hall–Kier alpha value is -2.71. The molecular weight excluding hydrogens is 372 g/mol. The quantitative estimate of drug-likeness (QED) is 0.618. The SMILES string of the molecule is CCOC(=O)COc1cccc(NC(=O)c2csc(-c3cccs3)n2)c1. The van der Waals surface area contributed by atoms with Crippen LogP contribution < -0.4 is 10.1 Å². The lowest BCUT2D eigenvalue weighted by atomic mass is 10.3. The van der Waals surface area contributed by atoms with Crippen LogP contribution in [0.15, 0.2) is 47.2 Å². The van der Waals surface area contributed by atoms with Crippen LogP contribution in [0, 0.1) is 0 Å². The predicted octanol–water partition coefficient (Wildman–Crippen LogP) is 4.07. The van der Waals surface area contributed by atoms with Crippen molar-refractivity contribution in [2.75, 3.05) is 18.5 Å². The molecule has 3 aromatic rings. The maximum absolute atomic E-state index is 12.4. The number of hydrogen-bond acceptors (Lipinski definition) is 7. The Balaban J connectivity index is 1.62. The first-order valence-corrected chi connectivity index (χ1v) is 9.61. The van der Waals surface area contributed by atoms with Crippen LogP contribution in [-0.2, 0) is 9.53 Å². The number of esters is 1. The van der Waals surface area contributed by atoms with E-state index in [0.29, 0.717) is 23.7 Å². The van der Waals surface area contributed by atoms with E-state index in [1.807, 2.05) is 17.5 Å². The summed E-state index contributed by atoms with van der Waals surface area (Å²) in [6.07, 6.45) is 0. The second-order valence-electron chi connectivity index (χ2n) is 5.09. The van der Waals surface area contributed by atoms with Gasteiger partial charge in [0.1, 0.15) is 16.5 Å². The minimum atomic E-state index is -0.439. The number of nitrogens with one attached hydrogen (secondary N) is 1. The van der Waals surface area contributed by atoms with Crippen molar-refractivity contribution in [1.29, 1.82) is 0 Å². The van der Waals surface area contributed by atoms with Gasteiger partial charge in [0.2, 0.25) is 0 Å². The summed E-state index contributed by atoms with van der Waals surface area (Å²) in [5.74, 6) is -0.273. The molecule has 0 saturated heterocycles. The van der Waals surface area contributed by atoms with Gasteiger partial charge < -0.3 is 14.8 Å². The Kier molecular flexibility index (Phi) is 5.98. The van der Waals surface area contributed by atoms with Crippen LogP contribution in [0.2, 0.25) is 0 Å². The highest BCUT2D eigenvalue weighted by molar-refractivity contribution is 7.20. The molecule has 0 radical (unpaired) electrons. The molecule has 6 nitrogen and oxygen atoms in total. The Morgan fingerprint density at radius 3 is 2.85 bits per heavy atom. The number of aromatic nitrogens is 1. The Morgan fingerprint density at radius 1 is 1.19 bits per heavy atom. The van der Waals surface area contributed by atoms with Crippen molar-refractivity contribution in [3.63, 3.8) is 0 Å². The number of amides is 1. The van der Waals surface area contributed by atoms with E-state index in [2.05, 4.69) is 10.3 Å². The molecule has 0 spiro atoms. The Bertz CT molecular complexity index is 890. The molecule has 0 fully saturated rings. The van der Waals surface area contributed by atoms with Gasteiger partial charge in [-0.3, -0.25) is 4.79 Å². The first-order chi connectivity index (χ1) is 12.7. The summed E-state index contributed by atoms with van der Waals surface area (Å²) in [6, 6.07) is 10.7. The van der Waals surface area contributed by atoms with Gasteiger partial charge in [0.05, 0.1) is 11.5 Å². The van der Waals surface area contributed by atoms with Crippen LogP contribution in [-0.4, -0.2) is 30.1 Å². The van der Waals surface area contributed by atoms with Gasteiger partial charge in [-0.1, -0.05) is 12.1 Å². The second-order valence-corrected chi connectivity index (χ2v) is 6.90. The molecule has 1 amide bonds. The number of nitrogens with zero attached hydrogens (tertiary/aromatic N) is 1. The average Bonchev–Trinajstić information content (AvgIpc) is 3.32. The van der Waals surface area contributed by atoms with Gasteiger partial charge in [-0.2, -0.15) is 0 Å². The molecule has 0 aliphatic rings. The van der Waals surface area contributed by atoms with Crippen LogP contribution in [0.5, 0.6) is 5.75 Å². The fraction of sp³-hybridized carbons (Fsp3) is 0.167. The molecule has 134 valence electrons. The van der Waals surface area contributed by atoms with Crippen LogP contribution in [0.1, 0.15) is 17.4 Å². The van der Waals surface area contributed by atoms with Gasteiger partial charge in [0.25, 0.3) is 5.91 Å². The fourth-order valence-corrected chi connectivity index (χ4v) is 3.71. The lowest BCUT2D eigenvalue weighted by molar-refractivity contribution is -0.145. The van der Waals surface area contributed by atoms with Crippen LogP contribution in [0.4, 0.5) is 5.69 Å². The molecule has 8 heteroatoms. The molecule has 0 saturated carbocycles. The molecule has 1 aromatic carbocycles. The number of ether oxygens (including phenoxy) is 2. The number of thiazole rings is 1. The van der Waals surface area contributed by atoms with Gasteiger partial charge in [0.15, 0.2) is 6.61 Å². The van der Waals surface area contributed by atoms with Crippen molar-refractivity contribution in [3.8, 4) is 15.6 Å². The summed E-state index contributed by atoms with van der Waals surface area (Å²) in [4.78, 5) is 29.1. The number of hydrogen-bond donors (Lipinski definition) is 1. The molecule has 3 rings (SSSR count). The third-order valence-electron chi connectivity index (χ3n) is 3.22. The maximum Gasteiger partial charge on any atom is 0.344 e. The Labute approximate surface area is 158 Å². The van der Waals surface area contributed by atoms with E-state index in [4.69, 9.17) is 9.47 Å². The fourth-order valence-electron chi connectivity index (χ4n) is 2.10. The summed E-state index contributed by atoms with van der Waals surface area (Å²) in [5.41, 5.74) is 0.915. The molecule has 26 heavy (non-hydrogen) atoms. The van der Waals surface area contributed by atoms with Crippen molar-refractivity contribution >= 4 is 40.2 Å². The van der Waals surface area contributed by atoms with Gasteiger partial charge in [-0.25, -0.2) is 9.78 Å². The second kappa shape index (κ2) is 8.59. The van der Waals surface area contributed by atoms with Gasteiger partial charge in [-0.15, -0.1) is 22.7 Å². The standard InChI is InChI=1S/C18H16N2O4S2/c1-2-23-16(21)10-24-13-6-3-5-12(9-13)19-17(22)14-11-26-18(20-14)15-7-4-8-25-15/h3-9,11H,2,10H2,1H3,(H,19,22). The van der Waals surface area contributed by atoms with E-state index >= 15 is 0 Å². The summed E-state index contributed by atoms with van der Waals surface area (Å²) < 4.78 is 10.2. The number of anilines is 1. The molecule has 1 N–H and O–H groups in total. The van der Waals surface area contributed by atoms with Crippen molar-refractivity contribution in [1.82, 2.24) is 4.98 Å². The molecule has 0 aliphatic carbocycles. The van der Waals surface area contributed by atoms with Crippen LogP contribution in [0.3, 0.4) is 0 Å². The largest absolute Gasteiger partial charge is 0.482 e. The lowest BCUT2D eigenvalue weighted by Gasteiger charge is -2.08. The summed E-state index contributed by atoms with van der Waals surface area (Å²) in [7, 11) is 0. The van der Waals surface area contributed by atoms with Crippen LogP contribution >= 0.6 is 22.7 Å². The highest BCUT2D eigenvalue weighted by Crippen LogP contribution is 2.28. The van der Waals surface area contributed by atoms with Crippen molar-refractivity contribution in [2.24, 2.45) is 0 Å². The number of rotatable bonds is 7. The van der Waals surface area contributed by atoms with Gasteiger partial charge in [-0.05, 0) is 30.5 Å². The normalized spacial score (nSPS) is 10.3.